The van der Waals surface area contributed by atoms with Crippen LogP contribution in [0, 0.1) is 0 Å². The van der Waals surface area contributed by atoms with Crippen LogP contribution in [-0.2, 0) is 7.05 Å². The third-order valence-electron chi connectivity index (χ3n) is 2.87. The lowest BCUT2D eigenvalue weighted by Crippen LogP contribution is -2.29. The van der Waals surface area contributed by atoms with Gasteiger partial charge in [0.05, 0.1) is 6.20 Å². The first-order valence-corrected chi connectivity index (χ1v) is 6.81. The Morgan fingerprint density at radius 2 is 2.10 bits per heavy atom. The van der Waals surface area contributed by atoms with Gasteiger partial charge in [-0.1, -0.05) is 23.3 Å². The van der Waals surface area contributed by atoms with Crippen molar-refractivity contribution in [3.05, 3.63) is 35.6 Å². The number of amides is 2. The zero-order valence-corrected chi connectivity index (χ0v) is 12.7. The first-order valence-electron chi connectivity index (χ1n) is 6.81. The Bertz CT molecular complexity index is 496. The molecule has 5 heteroatoms. The highest BCUT2D eigenvalue weighted by molar-refractivity contribution is 5.88. The molecule has 0 radical (unpaired) electrons. The van der Waals surface area contributed by atoms with Gasteiger partial charge in [-0.25, -0.2) is 4.79 Å². The van der Waals surface area contributed by atoms with Crippen LogP contribution in [0.25, 0.3) is 0 Å². The van der Waals surface area contributed by atoms with Crippen LogP contribution in [0.1, 0.15) is 33.6 Å². The van der Waals surface area contributed by atoms with Gasteiger partial charge in [-0.15, -0.1) is 0 Å². The topological polar surface area (TPSA) is 59.0 Å². The molecule has 2 N–H and O–H groups in total. The van der Waals surface area contributed by atoms with Crippen LogP contribution in [0.4, 0.5) is 10.6 Å². The van der Waals surface area contributed by atoms with E-state index in [2.05, 4.69) is 42.6 Å². The molecule has 0 aliphatic carbocycles. The molecular weight excluding hydrogens is 252 g/mol. The highest BCUT2D eigenvalue weighted by Crippen LogP contribution is 2.06. The van der Waals surface area contributed by atoms with E-state index in [0.29, 0.717) is 12.4 Å². The van der Waals surface area contributed by atoms with Gasteiger partial charge in [-0.05, 0) is 33.6 Å². The summed E-state index contributed by atoms with van der Waals surface area (Å²) in [6.07, 6.45) is 7.98. The first-order chi connectivity index (χ1) is 9.49. The maximum Gasteiger partial charge on any atom is 0.320 e. The quantitative estimate of drug-likeness (QED) is 0.784. The normalized spacial score (nSPS) is 11.1. The third-order valence-corrected chi connectivity index (χ3v) is 2.87. The molecule has 2 amide bonds. The van der Waals surface area contributed by atoms with Crippen molar-refractivity contribution in [3.63, 3.8) is 0 Å². The second-order valence-electron chi connectivity index (χ2n) is 5.05. The summed E-state index contributed by atoms with van der Waals surface area (Å²) in [5.74, 6) is 0.673. The molecule has 0 fully saturated rings. The SMILES string of the molecule is CC(C)=CCC/C(C)=C/CNC(=O)Nc1ccnn1C. The van der Waals surface area contributed by atoms with Gasteiger partial charge >= 0.3 is 6.03 Å². The number of allylic oxidation sites excluding steroid dienone is 3. The molecular formula is C15H24N4O. The number of hydrogen-bond acceptors (Lipinski definition) is 2. The molecule has 20 heavy (non-hydrogen) atoms. The number of nitrogens with zero attached hydrogens (tertiary/aromatic N) is 2. The molecule has 0 bridgehead atoms. The van der Waals surface area contributed by atoms with Crippen molar-refractivity contribution in [2.24, 2.45) is 7.05 Å². The van der Waals surface area contributed by atoms with E-state index in [1.165, 1.54) is 11.1 Å². The van der Waals surface area contributed by atoms with Crippen LogP contribution in [0.2, 0.25) is 0 Å². The van der Waals surface area contributed by atoms with Crippen LogP contribution >= 0.6 is 0 Å². The van der Waals surface area contributed by atoms with Gasteiger partial charge in [0.1, 0.15) is 5.82 Å². The number of nitrogens with one attached hydrogen (secondary N) is 2. The monoisotopic (exact) mass is 276 g/mol. The number of carbonyl (C=O) groups is 1. The largest absolute Gasteiger partial charge is 0.334 e. The molecule has 0 atom stereocenters. The minimum absolute atomic E-state index is 0.220. The van der Waals surface area contributed by atoms with E-state index in [9.17, 15) is 4.79 Å². The van der Waals surface area contributed by atoms with Gasteiger partial charge < -0.3 is 5.32 Å². The predicted molar refractivity (Wildman–Crippen MR) is 82.7 cm³/mol. The lowest BCUT2D eigenvalue weighted by atomic mass is 10.1. The van der Waals surface area contributed by atoms with Crippen molar-refractivity contribution in [2.75, 3.05) is 11.9 Å². The number of urea groups is 1. The fourth-order valence-corrected chi connectivity index (χ4v) is 1.67. The zero-order chi connectivity index (χ0) is 15.0. The minimum atomic E-state index is -0.220. The second kappa shape index (κ2) is 8.19. The third kappa shape index (κ3) is 6.22. The number of carbonyl (C=O) groups excluding carboxylic acids is 1. The summed E-state index contributed by atoms with van der Waals surface area (Å²) in [6, 6.07) is 1.53. The van der Waals surface area contributed by atoms with Crippen molar-refractivity contribution in [3.8, 4) is 0 Å². The van der Waals surface area contributed by atoms with Gasteiger partial charge in [0.15, 0.2) is 0 Å². The van der Waals surface area contributed by atoms with Gasteiger partial charge in [0.2, 0.25) is 0 Å². The van der Waals surface area contributed by atoms with E-state index in [1.54, 1.807) is 24.0 Å². The van der Waals surface area contributed by atoms with Crippen molar-refractivity contribution in [1.29, 1.82) is 0 Å². The number of anilines is 1. The number of hydrogen-bond donors (Lipinski definition) is 2. The van der Waals surface area contributed by atoms with Crippen molar-refractivity contribution in [2.45, 2.75) is 33.6 Å². The molecule has 5 nitrogen and oxygen atoms in total. The number of rotatable bonds is 6. The van der Waals surface area contributed by atoms with Crippen molar-refractivity contribution < 1.29 is 4.79 Å². The van der Waals surface area contributed by atoms with Gasteiger partial charge in [-0.2, -0.15) is 5.10 Å². The molecule has 1 aromatic rings. The van der Waals surface area contributed by atoms with Crippen LogP contribution in [-0.4, -0.2) is 22.4 Å². The maximum atomic E-state index is 11.6. The van der Waals surface area contributed by atoms with Gasteiger partial charge in [-0.3, -0.25) is 10.00 Å². The molecule has 0 aliphatic rings. The van der Waals surface area contributed by atoms with E-state index in [1.807, 2.05) is 6.08 Å². The molecule has 1 heterocycles. The molecule has 110 valence electrons. The molecule has 0 aliphatic heterocycles. The molecule has 0 saturated heterocycles. The molecule has 0 saturated carbocycles. The van der Waals surface area contributed by atoms with Crippen LogP contribution in [0.15, 0.2) is 35.6 Å². The fourth-order valence-electron chi connectivity index (χ4n) is 1.67. The van der Waals surface area contributed by atoms with E-state index in [0.717, 1.165) is 12.8 Å². The Hall–Kier alpha value is -2.04. The summed E-state index contributed by atoms with van der Waals surface area (Å²) in [4.78, 5) is 11.6. The maximum absolute atomic E-state index is 11.6. The van der Waals surface area contributed by atoms with Crippen molar-refractivity contribution in [1.82, 2.24) is 15.1 Å². The summed E-state index contributed by atoms with van der Waals surface area (Å²) in [5.41, 5.74) is 2.62. The minimum Gasteiger partial charge on any atom is -0.334 e. The molecule has 1 rings (SSSR count). The van der Waals surface area contributed by atoms with E-state index in [4.69, 9.17) is 0 Å². The molecule has 0 unspecified atom stereocenters. The summed E-state index contributed by atoms with van der Waals surface area (Å²) >= 11 is 0. The molecule has 0 aromatic carbocycles. The Morgan fingerprint density at radius 3 is 2.70 bits per heavy atom. The average Bonchev–Trinajstić information content (AvgIpc) is 2.74. The van der Waals surface area contributed by atoms with Crippen LogP contribution < -0.4 is 10.6 Å². The van der Waals surface area contributed by atoms with E-state index >= 15 is 0 Å². The lowest BCUT2D eigenvalue weighted by molar-refractivity contribution is 0.253. The zero-order valence-electron chi connectivity index (χ0n) is 12.7. The van der Waals surface area contributed by atoms with Crippen molar-refractivity contribution >= 4 is 11.8 Å². The fraction of sp³-hybridized carbons (Fsp3) is 0.467. The van der Waals surface area contributed by atoms with Gasteiger partial charge in [0, 0.05) is 19.7 Å². The number of aromatic nitrogens is 2. The first kappa shape index (κ1) is 16.0. The summed E-state index contributed by atoms with van der Waals surface area (Å²) < 4.78 is 1.61. The standard InChI is InChI=1S/C15H24N4O/c1-12(2)6-5-7-13(3)8-10-16-15(20)18-14-9-11-17-19(14)4/h6,8-9,11H,5,7,10H2,1-4H3,(H2,16,18,20)/b13-8+. The smallest absolute Gasteiger partial charge is 0.320 e. The molecule has 1 aromatic heterocycles. The summed E-state index contributed by atoms with van der Waals surface area (Å²) in [6.45, 7) is 6.82. The highest BCUT2D eigenvalue weighted by atomic mass is 16.2. The predicted octanol–water partition coefficient (Wildman–Crippen LogP) is 3.23. The summed E-state index contributed by atoms with van der Waals surface area (Å²) in [5, 5.41) is 9.51. The average molecular weight is 276 g/mol. The Labute approximate surface area is 120 Å². The second-order valence-corrected chi connectivity index (χ2v) is 5.05. The molecule has 0 spiro atoms. The van der Waals surface area contributed by atoms with Crippen LogP contribution in [0.3, 0.4) is 0 Å². The highest BCUT2D eigenvalue weighted by Gasteiger charge is 2.02. The Balaban J connectivity index is 2.27. The number of aryl methyl sites for hydroxylation is 1. The van der Waals surface area contributed by atoms with Crippen LogP contribution in [0.5, 0.6) is 0 Å². The lowest BCUT2D eigenvalue weighted by Gasteiger charge is -2.06. The van der Waals surface area contributed by atoms with E-state index < -0.39 is 0 Å². The summed E-state index contributed by atoms with van der Waals surface area (Å²) in [7, 11) is 1.78. The Morgan fingerprint density at radius 1 is 1.35 bits per heavy atom. The van der Waals surface area contributed by atoms with Gasteiger partial charge in [0.25, 0.3) is 0 Å². The van der Waals surface area contributed by atoms with E-state index in [-0.39, 0.29) is 6.03 Å². The Kier molecular flexibility index (Phi) is 6.56.